The molecule has 0 amide bonds. The van der Waals surface area contributed by atoms with Crippen LogP contribution in [0.15, 0.2) is 12.3 Å². The Morgan fingerprint density at radius 3 is 2.70 bits per heavy atom. The molecule has 2 aromatic heterocycles. The Labute approximate surface area is 192 Å². The lowest BCUT2D eigenvalue weighted by molar-refractivity contribution is -0.0459. The second kappa shape index (κ2) is 10.2. The van der Waals surface area contributed by atoms with Crippen molar-refractivity contribution in [2.45, 2.75) is 57.9 Å². The lowest BCUT2D eigenvalue weighted by Crippen LogP contribution is -2.22. The van der Waals surface area contributed by atoms with Crippen molar-refractivity contribution in [1.29, 1.82) is 0 Å². The number of hydrogen-bond donors (Lipinski definition) is 4. The van der Waals surface area contributed by atoms with E-state index in [0.717, 1.165) is 18.2 Å². The van der Waals surface area contributed by atoms with Gasteiger partial charge in [0.25, 0.3) is 0 Å². The van der Waals surface area contributed by atoms with Gasteiger partial charge in [-0.3, -0.25) is 4.57 Å². The second-order valence-corrected chi connectivity index (χ2v) is 10.5. The summed E-state index contributed by atoms with van der Waals surface area (Å²) in [4.78, 5) is 27.2. The molecule has 4 atom stereocenters. The molecule has 0 radical (unpaired) electrons. The molecular formula is C21H33N4O7P. The van der Waals surface area contributed by atoms with Crippen molar-refractivity contribution in [2.24, 2.45) is 11.8 Å². The zero-order valence-corrected chi connectivity index (χ0v) is 19.9. The molecule has 11 nitrogen and oxygen atoms in total. The topological polar surface area (TPSA) is 148 Å². The fourth-order valence-corrected chi connectivity index (χ4v) is 4.96. The van der Waals surface area contributed by atoms with Crippen LogP contribution in [-0.4, -0.2) is 67.7 Å². The van der Waals surface area contributed by atoms with Crippen molar-refractivity contribution < 1.29 is 33.7 Å². The van der Waals surface area contributed by atoms with Crippen molar-refractivity contribution >= 4 is 24.4 Å². The van der Waals surface area contributed by atoms with E-state index in [1.54, 1.807) is 0 Å². The van der Waals surface area contributed by atoms with Gasteiger partial charge in [0.05, 0.1) is 24.7 Å². The van der Waals surface area contributed by atoms with Crippen LogP contribution >= 0.6 is 7.60 Å². The molecule has 1 aliphatic carbocycles. The van der Waals surface area contributed by atoms with Crippen molar-refractivity contribution in [2.75, 3.05) is 31.5 Å². The Morgan fingerprint density at radius 1 is 1.24 bits per heavy atom. The number of aromatic nitrogens is 3. The summed E-state index contributed by atoms with van der Waals surface area (Å²) in [5.41, 5.74) is 0.666. The highest BCUT2D eigenvalue weighted by Crippen LogP contribution is 2.42. The van der Waals surface area contributed by atoms with Crippen molar-refractivity contribution in [3.05, 3.63) is 12.3 Å². The summed E-state index contributed by atoms with van der Waals surface area (Å²) >= 11 is 0. The van der Waals surface area contributed by atoms with Crippen LogP contribution in [0.25, 0.3) is 11.0 Å². The normalized spacial score (nSPS) is 26.3. The van der Waals surface area contributed by atoms with Crippen LogP contribution in [0, 0.1) is 11.8 Å². The van der Waals surface area contributed by atoms with E-state index in [-0.39, 0.29) is 50.0 Å². The highest BCUT2D eigenvalue weighted by molar-refractivity contribution is 7.51. The van der Waals surface area contributed by atoms with E-state index in [9.17, 15) is 4.57 Å². The summed E-state index contributed by atoms with van der Waals surface area (Å²) in [6.07, 6.45) is 5.22. The zero-order chi connectivity index (χ0) is 23.6. The van der Waals surface area contributed by atoms with Gasteiger partial charge < -0.3 is 39.0 Å². The highest BCUT2D eigenvalue weighted by Gasteiger charge is 2.41. The molecule has 0 aromatic carbocycles. The third-order valence-corrected chi connectivity index (χ3v) is 7.08. The molecule has 12 heteroatoms. The monoisotopic (exact) mass is 484 g/mol. The van der Waals surface area contributed by atoms with Gasteiger partial charge >= 0.3 is 13.6 Å². The van der Waals surface area contributed by atoms with Crippen LogP contribution in [0.1, 0.15) is 45.8 Å². The molecule has 184 valence electrons. The Morgan fingerprint density at radius 2 is 2.00 bits per heavy atom. The van der Waals surface area contributed by atoms with Crippen molar-refractivity contribution in [3.63, 3.8) is 0 Å². The van der Waals surface area contributed by atoms with Crippen LogP contribution < -0.4 is 10.1 Å². The molecular weight excluding hydrogens is 451 g/mol. The summed E-state index contributed by atoms with van der Waals surface area (Å²) in [5.74, 6) is 0.915. The molecule has 2 fully saturated rings. The molecule has 4 N–H and O–H groups in total. The predicted molar refractivity (Wildman–Crippen MR) is 121 cm³/mol. The van der Waals surface area contributed by atoms with E-state index in [1.165, 1.54) is 12.8 Å². The quantitative estimate of drug-likeness (QED) is 0.371. The molecule has 1 saturated carbocycles. The lowest BCUT2D eigenvalue weighted by Gasteiger charge is -2.20. The van der Waals surface area contributed by atoms with Gasteiger partial charge in [0.2, 0.25) is 0 Å². The molecule has 0 unspecified atom stereocenters. The zero-order valence-electron chi connectivity index (χ0n) is 19.0. The Balaban J connectivity index is 1.59. The third kappa shape index (κ3) is 5.67. The number of ether oxygens (including phenoxy) is 3. The lowest BCUT2D eigenvalue weighted by atomic mass is 9.93. The number of anilines is 1. The number of nitrogens with one attached hydrogen (secondary N) is 1. The molecule has 1 aliphatic heterocycles. The molecule has 0 bridgehead atoms. The third-order valence-electron chi connectivity index (χ3n) is 6.57. The number of nitrogens with zero attached hydrogens (tertiary/aromatic N) is 3. The van der Waals surface area contributed by atoms with E-state index >= 15 is 0 Å². The predicted octanol–water partition coefficient (Wildman–Crippen LogP) is 2.48. The average molecular weight is 484 g/mol. The molecule has 1 saturated heterocycles. The molecule has 2 aromatic rings. The van der Waals surface area contributed by atoms with Gasteiger partial charge in [0.15, 0.2) is 5.65 Å². The number of aliphatic hydroxyl groups excluding tert-OH is 1. The Bertz CT molecular complexity index is 990. The van der Waals surface area contributed by atoms with E-state index in [1.807, 2.05) is 23.8 Å². The number of hydrogen-bond acceptors (Lipinski definition) is 8. The number of aliphatic hydroxyl groups is 1. The van der Waals surface area contributed by atoms with Gasteiger partial charge in [0.1, 0.15) is 25.0 Å². The molecule has 4 rings (SSSR count). The van der Waals surface area contributed by atoms with E-state index < -0.39 is 13.9 Å². The van der Waals surface area contributed by atoms with Gasteiger partial charge in [-0.05, 0) is 24.8 Å². The number of rotatable bonds is 10. The maximum absolute atomic E-state index is 11.1. The van der Waals surface area contributed by atoms with Gasteiger partial charge in [-0.15, -0.1) is 0 Å². The fraction of sp³-hybridized carbons (Fsp3) is 0.714. The summed E-state index contributed by atoms with van der Waals surface area (Å²) in [5, 5.41) is 13.6. The maximum Gasteiger partial charge on any atom is 0.350 e. The molecule has 3 heterocycles. The van der Waals surface area contributed by atoms with E-state index in [2.05, 4.69) is 22.2 Å². The van der Waals surface area contributed by atoms with Crippen LogP contribution in [0.3, 0.4) is 0 Å². The average Bonchev–Trinajstić information content (AvgIpc) is 3.48. The SMILES string of the molecule is C[C@@H]1[C@H](C)[C@H](COCP(=O)(O)O)O[C@H]1n1ccc2c(NC3CCCC3)nc(OCCO)nc21. The van der Waals surface area contributed by atoms with Crippen LogP contribution in [-0.2, 0) is 14.0 Å². The minimum Gasteiger partial charge on any atom is -0.461 e. The number of fused-ring (bicyclic) bond motifs is 1. The second-order valence-electron chi connectivity index (χ2n) is 8.96. The van der Waals surface area contributed by atoms with E-state index in [0.29, 0.717) is 17.5 Å². The first kappa shape index (κ1) is 24.4. The molecule has 2 aliphatic rings. The standard InChI is InChI=1S/C21H33N4O7P/c1-13-14(2)20(32-17(13)11-30-12-33(27,28)29)25-8-7-16-18(22-15-5-3-4-6-15)23-21(24-19(16)25)31-10-9-26/h7-8,13-15,17,20,26H,3-6,9-12H2,1-2H3,(H,22,23,24)(H2,27,28,29)/t13-,14+,17-,20+/m0/s1. The highest BCUT2D eigenvalue weighted by atomic mass is 31.2. The van der Waals surface area contributed by atoms with Gasteiger partial charge in [0, 0.05) is 18.2 Å². The maximum atomic E-state index is 11.1. The van der Waals surface area contributed by atoms with Crippen LogP contribution in [0.5, 0.6) is 6.01 Å². The Hall–Kier alpha value is -1.75. The fourth-order valence-electron chi connectivity index (χ4n) is 4.62. The first-order valence-electron chi connectivity index (χ1n) is 11.4. The summed E-state index contributed by atoms with van der Waals surface area (Å²) < 4.78 is 30.1. The van der Waals surface area contributed by atoms with Gasteiger partial charge in [-0.25, -0.2) is 0 Å². The molecule has 0 spiro atoms. The van der Waals surface area contributed by atoms with Crippen LogP contribution in [0.2, 0.25) is 0 Å². The summed E-state index contributed by atoms with van der Waals surface area (Å²) in [6, 6.07) is 2.51. The summed E-state index contributed by atoms with van der Waals surface area (Å²) in [7, 11) is -4.23. The van der Waals surface area contributed by atoms with Gasteiger partial charge in [-0.1, -0.05) is 26.7 Å². The largest absolute Gasteiger partial charge is 0.461 e. The van der Waals surface area contributed by atoms with Crippen LogP contribution in [0.4, 0.5) is 5.82 Å². The first-order valence-corrected chi connectivity index (χ1v) is 13.2. The smallest absolute Gasteiger partial charge is 0.350 e. The van der Waals surface area contributed by atoms with Gasteiger partial charge in [-0.2, -0.15) is 9.97 Å². The first-order chi connectivity index (χ1) is 15.8. The van der Waals surface area contributed by atoms with Crippen molar-refractivity contribution in [3.8, 4) is 6.01 Å². The van der Waals surface area contributed by atoms with E-state index in [4.69, 9.17) is 29.1 Å². The molecule has 33 heavy (non-hydrogen) atoms. The summed E-state index contributed by atoms with van der Waals surface area (Å²) in [6.45, 7) is 4.18. The minimum atomic E-state index is -4.23. The minimum absolute atomic E-state index is 0.0979. The Kier molecular flexibility index (Phi) is 7.57. The van der Waals surface area contributed by atoms with Crippen molar-refractivity contribution in [1.82, 2.24) is 14.5 Å².